The fraction of sp³-hybridized carbons (Fsp3) is 0.200. The molecule has 0 fully saturated rings. The summed E-state index contributed by atoms with van der Waals surface area (Å²) in [6.45, 7) is 5.57. The van der Waals surface area contributed by atoms with E-state index < -0.39 is 54.9 Å². The van der Waals surface area contributed by atoms with E-state index in [2.05, 4.69) is 51.2 Å². The minimum atomic E-state index is -4.94. The van der Waals surface area contributed by atoms with Gasteiger partial charge in [-0.05, 0) is 87.4 Å². The third kappa shape index (κ3) is 14.3. The van der Waals surface area contributed by atoms with Crippen LogP contribution in [-0.4, -0.2) is 101 Å². The number of rotatable bonds is 18. The molecule has 0 bridgehead atoms. The van der Waals surface area contributed by atoms with Crippen molar-refractivity contribution in [2.24, 2.45) is 0 Å². The predicted octanol–water partition coefficient (Wildman–Crippen LogP) is -1.11. The Kier molecular flexibility index (Phi) is 18.9. The minimum absolute atomic E-state index is 0. The minimum Gasteiger partial charge on any atom is -1.00 e. The molecule has 4 aromatic carbocycles. The second-order valence-corrected chi connectivity index (χ2v) is 16.7. The molecule has 26 heteroatoms. The van der Waals surface area contributed by atoms with Crippen molar-refractivity contribution in [1.82, 2.24) is 29.9 Å². The van der Waals surface area contributed by atoms with E-state index >= 15 is 0 Å². The summed E-state index contributed by atoms with van der Waals surface area (Å²) in [6.07, 6.45) is -2.55. The van der Waals surface area contributed by atoms with Crippen LogP contribution >= 0.6 is 0 Å². The zero-order valence-electron chi connectivity index (χ0n) is 38.4. The summed E-state index contributed by atoms with van der Waals surface area (Å²) in [7, 11) is -9.87. The summed E-state index contributed by atoms with van der Waals surface area (Å²) < 4.78 is 71.4. The molecule has 0 amide bonds. The van der Waals surface area contributed by atoms with Crippen molar-refractivity contribution in [2.45, 2.75) is 62.4 Å². The fourth-order valence-electron chi connectivity index (χ4n) is 6.16. The van der Waals surface area contributed by atoms with Gasteiger partial charge in [0.15, 0.2) is 0 Å². The Morgan fingerprint density at radius 1 is 0.470 bits per heavy atom. The molecule has 0 saturated carbocycles. The van der Waals surface area contributed by atoms with Crippen molar-refractivity contribution in [3.05, 3.63) is 108 Å². The molecule has 0 aliphatic heterocycles. The molecule has 4 unspecified atom stereocenters. The molecule has 22 nitrogen and oxygen atoms in total. The van der Waals surface area contributed by atoms with Gasteiger partial charge in [-0.15, -0.1) is 0 Å². The van der Waals surface area contributed by atoms with Gasteiger partial charge >= 0.3 is 59.1 Å². The molecule has 340 valence electrons. The summed E-state index contributed by atoms with van der Waals surface area (Å²) in [6, 6.07) is 25.2. The van der Waals surface area contributed by atoms with Crippen LogP contribution in [0.2, 0.25) is 0 Å². The van der Waals surface area contributed by atoms with Crippen molar-refractivity contribution < 1.29 is 108 Å². The number of hydrogen-bond donors (Lipinski definition) is 10. The number of nitrogens with zero attached hydrogens (tertiary/aromatic N) is 8. The van der Waals surface area contributed by atoms with E-state index in [1.165, 1.54) is 64.1 Å². The van der Waals surface area contributed by atoms with Crippen LogP contribution in [0.15, 0.2) is 107 Å². The number of aliphatic hydroxyl groups excluding tert-OH is 4. The Morgan fingerprint density at radius 2 is 0.758 bits per heavy atom. The number of aromatic nitrogens is 6. The van der Waals surface area contributed by atoms with E-state index in [1.54, 1.807) is 60.7 Å². The second-order valence-electron chi connectivity index (χ2n) is 13.9. The summed E-state index contributed by atoms with van der Waals surface area (Å²) in [5.74, 6) is -0.588. The van der Waals surface area contributed by atoms with E-state index in [0.717, 1.165) is 21.9 Å². The van der Waals surface area contributed by atoms with Gasteiger partial charge in [-0.25, -0.2) is 0 Å². The monoisotopic (exact) mass is 964 g/mol. The van der Waals surface area contributed by atoms with Gasteiger partial charge in [0.05, 0.1) is 0 Å². The first kappa shape index (κ1) is 53.7. The molecule has 0 spiro atoms. The van der Waals surface area contributed by atoms with Gasteiger partial charge in [-0.1, -0.05) is 60.7 Å². The first-order chi connectivity index (χ1) is 30.2. The molecule has 0 aliphatic rings. The Morgan fingerprint density at radius 3 is 1.03 bits per heavy atom. The average Bonchev–Trinajstić information content (AvgIpc) is 3.20. The summed E-state index contributed by atoms with van der Waals surface area (Å²) >= 11 is 0. The predicted molar refractivity (Wildman–Crippen MR) is 241 cm³/mol. The molecule has 4 atom stereocenters. The Labute approximate surface area is 427 Å². The largest absolute Gasteiger partial charge is 1.00 e. The number of hydrogen-bond acceptors (Lipinski definition) is 20. The van der Waals surface area contributed by atoms with Crippen LogP contribution in [0, 0.1) is 0 Å². The van der Waals surface area contributed by atoms with Crippen LogP contribution in [-0.2, 0) is 20.2 Å². The maximum atomic E-state index is 12.7. The maximum absolute atomic E-state index is 12.7. The number of anilines is 10. The molecule has 6 aromatic rings. The van der Waals surface area contributed by atoms with Gasteiger partial charge < -0.3 is 44.5 Å². The molecule has 2 aromatic heterocycles. The van der Waals surface area contributed by atoms with Crippen LogP contribution < -0.4 is 90.2 Å². The average molecular weight is 965 g/mol. The molecule has 0 aliphatic carbocycles. The van der Waals surface area contributed by atoms with Crippen molar-refractivity contribution in [1.29, 1.82) is 0 Å². The molecule has 6 rings (SSSR count). The third-order valence-electron chi connectivity index (χ3n) is 8.92. The zero-order chi connectivity index (χ0) is 46.3. The van der Waals surface area contributed by atoms with Crippen molar-refractivity contribution in [3.8, 4) is 0 Å². The normalized spacial score (nSPS) is 13.3. The second kappa shape index (κ2) is 23.2. The van der Waals surface area contributed by atoms with Gasteiger partial charge in [0.1, 0.15) is 34.7 Å². The van der Waals surface area contributed by atoms with Crippen molar-refractivity contribution in [3.63, 3.8) is 0 Å². The standard InChI is InChI=1S/C40H44N12O10S2.2Na.2H/c1-23(53)51(24(2)54)39-47-35(41-29-11-7-5-8-12-29)45-37(49-39)43-31-19-17-27(33(21-31)63(57,58)59)15-16-28-18-20-32(22-34(28)64(60,61)62)44-38-46-36(42-30-13-9-6-10-14-30)48-40(50-38)52(25(3)55)26(4)56;;;;/h5-26,53-56H,1-4H3,(H,57,58,59)(H,60,61,62)(H2,41,43,45,47,49)(H2,42,44,46,48,50);;;;/q;2*+1;2*-1. The van der Waals surface area contributed by atoms with E-state index in [4.69, 9.17) is 0 Å². The quantitative estimate of drug-likeness (QED) is 0.0211. The SMILES string of the molecule is CC(O)N(c1nc(Nc2ccccc2)nc(Nc2ccc(C=Cc3ccc(Nc4nc(Nc5ccccc5)nc(N(C(C)O)C(C)O)n4)cc3S(=O)(=O)O)c(S(=O)(=O)O)c2)n1)C(C)O.[H-].[H-].[Na+].[Na+]. The van der Waals surface area contributed by atoms with Gasteiger partial charge in [0.2, 0.25) is 35.7 Å². The Balaban J connectivity index is 0.00000397. The first-order valence-corrected chi connectivity index (χ1v) is 22.0. The van der Waals surface area contributed by atoms with E-state index in [0.29, 0.717) is 11.4 Å². The van der Waals surface area contributed by atoms with Crippen LogP contribution in [0.3, 0.4) is 0 Å². The maximum Gasteiger partial charge on any atom is 1.00 e. The molecule has 2 heterocycles. The van der Waals surface area contributed by atoms with Gasteiger partial charge in [-0.2, -0.15) is 46.7 Å². The summed E-state index contributed by atoms with van der Waals surface area (Å²) in [5, 5.41) is 53.2. The molecular formula is C40H46N12Na2O10S2. The smallest absolute Gasteiger partial charge is 1.00 e. The molecular weight excluding hydrogens is 919 g/mol. The first-order valence-electron chi connectivity index (χ1n) is 19.2. The van der Waals surface area contributed by atoms with Crippen molar-refractivity contribution in [2.75, 3.05) is 31.1 Å². The van der Waals surface area contributed by atoms with Crippen LogP contribution in [0.25, 0.3) is 12.2 Å². The van der Waals surface area contributed by atoms with Gasteiger partial charge in [-0.3, -0.25) is 18.9 Å². The molecule has 10 N–H and O–H groups in total. The number of para-hydroxylation sites is 2. The van der Waals surface area contributed by atoms with Crippen molar-refractivity contribution >= 4 is 90.8 Å². The topological polar surface area (TPSA) is 322 Å². The van der Waals surface area contributed by atoms with E-state index in [9.17, 15) is 46.4 Å². The number of aliphatic hydroxyl groups is 4. The van der Waals surface area contributed by atoms with Crippen LogP contribution in [0.5, 0.6) is 0 Å². The van der Waals surface area contributed by atoms with Gasteiger partial charge in [0.25, 0.3) is 20.2 Å². The number of nitrogens with one attached hydrogen (secondary N) is 4. The third-order valence-corrected chi connectivity index (χ3v) is 10.7. The molecule has 66 heavy (non-hydrogen) atoms. The Bertz CT molecular complexity index is 2660. The Hall–Kier alpha value is -4.90. The van der Waals surface area contributed by atoms with Gasteiger partial charge in [0, 0.05) is 22.7 Å². The molecule has 0 radical (unpaired) electrons. The summed E-state index contributed by atoms with van der Waals surface area (Å²) in [4.78, 5) is 26.9. The van der Waals surface area contributed by atoms with E-state index in [1.807, 2.05) is 0 Å². The fourth-order valence-corrected chi connectivity index (χ4v) is 7.58. The molecule has 0 saturated heterocycles. The number of benzene rings is 4. The zero-order valence-corrected chi connectivity index (χ0v) is 42.0. The van der Waals surface area contributed by atoms with Crippen LogP contribution in [0.4, 0.5) is 58.4 Å². The van der Waals surface area contributed by atoms with E-state index in [-0.39, 0.29) is 120 Å². The van der Waals surface area contributed by atoms with Crippen LogP contribution in [0.1, 0.15) is 41.7 Å². The summed E-state index contributed by atoms with van der Waals surface area (Å²) in [5.41, 5.74) is 1.14.